The first-order chi connectivity index (χ1) is 21.5. The highest BCUT2D eigenvalue weighted by Gasteiger charge is 2.34. The van der Waals surface area contributed by atoms with Crippen LogP contribution in [-0.4, -0.2) is 53.9 Å². The number of rotatable bonds is 9. The highest BCUT2D eigenvalue weighted by atomic mass is 16.2. The molecule has 3 heterocycles. The largest absolute Gasteiger partial charge is 0.336 e. The molecule has 6 rings (SSSR count). The van der Waals surface area contributed by atoms with E-state index in [9.17, 15) is 9.59 Å². The molecule has 0 radical (unpaired) electrons. The van der Waals surface area contributed by atoms with Crippen molar-refractivity contribution in [3.63, 3.8) is 0 Å². The van der Waals surface area contributed by atoms with E-state index in [-0.39, 0.29) is 18.4 Å². The molecule has 0 N–H and O–H groups in total. The minimum Gasteiger partial charge on any atom is -0.336 e. The van der Waals surface area contributed by atoms with E-state index in [4.69, 9.17) is 0 Å². The number of carbonyl (C=O) groups excluding carboxylic acids is 2. The molecule has 0 unspecified atom stereocenters. The van der Waals surface area contributed by atoms with Gasteiger partial charge in [0.15, 0.2) is 5.82 Å². The fraction of sp³-hybridized carbons (Fsp3) is 0.194. The first-order valence-corrected chi connectivity index (χ1v) is 14.8. The number of aromatic nitrogens is 4. The van der Waals surface area contributed by atoms with Crippen LogP contribution in [0.3, 0.4) is 0 Å². The highest BCUT2D eigenvalue weighted by Crippen LogP contribution is 2.24. The topological polar surface area (TPSA) is 84.2 Å². The Morgan fingerprint density at radius 2 is 1.61 bits per heavy atom. The summed E-state index contributed by atoms with van der Waals surface area (Å²) in [7, 11) is 1.83. The third-order valence-corrected chi connectivity index (χ3v) is 7.93. The van der Waals surface area contributed by atoms with Gasteiger partial charge in [-0.25, -0.2) is 9.97 Å². The summed E-state index contributed by atoms with van der Waals surface area (Å²) in [5.74, 6) is 0.339. The van der Waals surface area contributed by atoms with Gasteiger partial charge in [-0.05, 0) is 40.8 Å². The second-order valence-corrected chi connectivity index (χ2v) is 11.0. The number of nitrogens with zero attached hydrogens (tertiary/aromatic N) is 6. The monoisotopic (exact) mass is 582 g/mol. The maximum Gasteiger partial charge on any atom is 0.247 e. The van der Waals surface area contributed by atoms with Crippen LogP contribution in [-0.2, 0) is 42.6 Å². The van der Waals surface area contributed by atoms with E-state index in [1.165, 1.54) is 5.56 Å². The van der Waals surface area contributed by atoms with Crippen LogP contribution in [0.25, 0.3) is 17.5 Å². The van der Waals surface area contributed by atoms with Crippen LogP contribution < -0.4 is 0 Å². The summed E-state index contributed by atoms with van der Waals surface area (Å²) >= 11 is 0. The zero-order valence-corrected chi connectivity index (χ0v) is 24.7. The maximum absolute atomic E-state index is 14.4. The number of aryl methyl sites for hydroxylation is 1. The Balaban J connectivity index is 1.34. The molecule has 2 amide bonds. The van der Waals surface area contributed by atoms with E-state index in [2.05, 4.69) is 27.2 Å². The average molecular weight is 583 g/mol. The van der Waals surface area contributed by atoms with Gasteiger partial charge in [0.2, 0.25) is 11.8 Å². The number of carbonyl (C=O) groups is 2. The zero-order chi connectivity index (χ0) is 30.3. The highest BCUT2D eigenvalue weighted by molar-refractivity contribution is 5.95. The van der Waals surface area contributed by atoms with Crippen LogP contribution in [0.5, 0.6) is 0 Å². The maximum atomic E-state index is 14.4. The standard InChI is InChI=1S/C36H34N6O2/c1-40-24-29(23-39-40)14-17-34(43)42(25-28-12-15-31(16-13-28)35-37-19-7-20-38-35)33(22-27-8-3-2-4-9-27)36(44)41-21-18-30-10-5-6-11-32(30)26-41/h2-17,19-20,23-24,33H,18,21-22,25-26H2,1H3/t33-/m0/s1. The van der Waals surface area contributed by atoms with Gasteiger partial charge in [-0.3, -0.25) is 14.3 Å². The van der Waals surface area contributed by atoms with Crippen molar-refractivity contribution in [1.29, 1.82) is 0 Å². The van der Waals surface area contributed by atoms with Crippen LogP contribution in [0.4, 0.5) is 0 Å². The second-order valence-electron chi connectivity index (χ2n) is 11.0. The van der Waals surface area contributed by atoms with Gasteiger partial charge in [-0.1, -0.05) is 78.9 Å². The molecular formula is C36H34N6O2. The number of hydrogen-bond donors (Lipinski definition) is 0. The van der Waals surface area contributed by atoms with E-state index in [1.807, 2.05) is 84.9 Å². The normalized spacial score (nSPS) is 13.4. The quantitative estimate of drug-likeness (QED) is 0.226. The van der Waals surface area contributed by atoms with Crippen LogP contribution >= 0.6 is 0 Å². The Bertz CT molecular complexity index is 1750. The smallest absolute Gasteiger partial charge is 0.247 e. The average Bonchev–Trinajstić information content (AvgIpc) is 3.50. The molecule has 1 aliphatic heterocycles. The predicted molar refractivity (Wildman–Crippen MR) is 170 cm³/mol. The van der Waals surface area contributed by atoms with Crippen molar-refractivity contribution in [2.24, 2.45) is 7.05 Å². The Morgan fingerprint density at radius 1 is 0.886 bits per heavy atom. The Hall–Kier alpha value is -5.37. The first kappa shape index (κ1) is 28.7. The number of fused-ring (bicyclic) bond motifs is 1. The van der Waals surface area contributed by atoms with Gasteiger partial charge in [0.25, 0.3) is 0 Å². The van der Waals surface area contributed by atoms with Gasteiger partial charge in [-0.15, -0.1) is 0 Å². The summed E-state index contributed by atoms with van der Waals surface area (Å²) in [6.45, 7) is 1.40. The molecule has 1 atom stereocenters. The fourth-order valence-electron chi connectivity index (χ4n) is 5.60. The van der Waals surface area contributed by atoms with Gasteiger partial charge in [0.05, 0.1) is 6.20 Å². The number of benzene rings is 3. The van der Waals surface area contributed by atoms with Crippen molar-refractivity contribution in [3.8, 4) is 11.4 Å². The van der Waals surface area contributed by atoms with Gasteiger partial charge >= 0.3 is 0 Å². The van der Waals surface area contributed by atoms with Gasteiger partial charge in [0, 0.05) is 68.9 Å². The molecule has 8 nitrogen and oxygen atoms in total. The molecule has 8 heteroatoms. The molecule has 0 bridgehead atoms. The fourth-order valence-corrected chi connectivity index (χ4v) is 5.60. The van der Waals surface area contributed by atoms with E-state index in [0.29, 0.717) is 25.3 Å². The van der Waals surface area contributed by atoms with Crippen molar-refractivity contribution in [2.45, 2.75) is 32.0 Å². The molecule has 0 fully saturated rings. The number of amides is 2. The summed E-state index contributed by atoms with van der Waals surface area (Å²) in [6.07, 6.45) is 11.5. The Kier molecular flexibility index (Phi) is 8.68. The van der Waals surface area contributed by atoms with E-state index in [0.717, 1.165) is 34.2 Å². The lowest BCUT2D eigenvalue weighted by atomic mass is 9.97. The molecular weight excluding hydrogens is 548 g/mol. The molecule has 0 aliphatic carbocycles. The van der Waals surface area contributed by atoms with Crippen molar-refractivity contribution in [3.05, 3.63) is 144 Å². The molecule has 3 aromatic carbocycles. The molecule has 0 saturated carbocycles. The summed E-state index contributed by atoms with van der Waals surface area (Å²) in [5, 5.41) is 4.21. The zero-order valence-electron chi connectivity index (χ0n) is 24.7. The molecule has 220 valence electrons. The lowest BCUT2D eigenvalue weighted by Crippen LogP contribution is -2.52. The second kappa shape index (κ2) is 13.3. The molecule has 0 saturated heterocycles. The summed E-state index contributed by atoms with van der Waals surface area (Å²) in [6, 6.07) is 27.1. The minimum atomic E-state index is -0.703. The lowest BCUT2D eigenvalue weighted by molar-refractivity contribution is -0.144. The summed E-state index contributed by atoms with van der Waals surface area (Å²) < 4.78 is 1.69. The van der Waals surface area contributed by atoms with Crippen LogP contribution in [0.15, 0.2) is 116 Å². The van der Waals surface area contributed by atoms with Crippen molar-refractivity contribution in [2.75, 3.05) is 6.54 Å². The van der Waals surface area contributed by atoms with Gasteiger partial charge in [0.1, 0.15) is 6.04 Å². The molecule has 5 aromatic rings. The van der Waals surface area contributed by atoms with Crippen LogP contribution in [0.2, 0.25) is 0 Å². The minimum absolute atomic E-state index is 0.0548. The predicted octanol–water partition coefficient (Wildman–Crippen LogP) is 5.12. The lowest BCUT2D eigenvalue weighted by Gasteiger charge is -2.37. The molecule has 2 aromatic heterocycles. The third-order valence-electron chi connectivity index (χ3n) is 7.93. The number of hydrogen-bond acceptors (Lipinski definition) is 5. The van der Waals surface area contributed by atoms with Gasteiger partial charge in [-0.2, -0.15) is 5.10 Å². The molecule has 44 heavy (non-hydrogen) atoms. The van der Waals surface area contributed by atoms with E-state index in [1.54, 1.807) is 46.4 Å². The van der Waals surface area contributed by atoms with Crippen molar-refractivity contribution in [1.82, 2.24) is 29.5 Å². The summed E-state index contributed by atoms with van der Waals surface area (Å²) in [5.41, 5.74) is 6.01. The Labute approximate surface area is 257 Å². The SMILES string of the molecule is Cn1cc(C=CC(=O)N(Cc2ccc(-c3ncccn3)cc2)[C@@H](Cc2ccccc2)C(=O)N2CCc3ccccc3C2)cn1. The molecule has 0 spiro atoms. The van der Waals surface area contributed by atoms with Crippen molar-refractivity contribution < 1.29 is 9.59 Å². The van der Waals surface area contributed by atoms with Gasteiger partial charge < -0.3 is 9.80 Å². The van der Waals surface area contributed by atoms with E-state index < -0.39 is 6.04 Å². The van der Waals surface area contributed by atoms with Crippen molar-refractivity contribution >= 4 is 17.9 Å². The third kappa shape index (κ3) is 6.81. The first-order valence-electron chi connectivity index (χ1n) is 14.8. The van der Waals surface area contributed by atoms with Crippen LogP contribution in [0.1, 0.15) is 27.8 Å². The summed E-state index contributed by atoms with van der Waals surface area (Å²) in [4.78, 5) is 40.8. The molecule has 1 aliphatic rings. The van der Waals surface area contributed by atoms with Crippen LogP contribution in [0, 0.1) is 0 Å². The van der Waals surface area contributed by atoms with E-state index >= 15 is 0 Å². The Morgan fingerprint density at radius 3 is 2.34 bits per heavy atom.